The Hall–Kier alpha value is 0.130. The Morgan fingerprint density at radius 2 is 2.08 bits per heavy atom. The summed E-state index contributed by atoms with van der Waals surface area (Å²) < 4.78 is 0. The summed E-state index contributed by atoms with van der Waals surface area (Å²) in [6.45, 7) is 1.87. The highest BCUT2D eigenvalue weighted by Crippen LogP contribution is 2.15. The van der Waals surface area contributed by atoms with E-state index in [1.807, 2.05) is 28.4 Å². The van der Waals surface area contributed by atoms with Gasteiger partial charge in [0.25, 0.3) is 0 Å². The third-order valence-electron chi connectivity index (χ3n) is 2.34. The summed E-state index contributed by atoms with van der Waals surface area (Å²) in [5.41, 5.74) is 0. The monoisotopic (exact) mass is 218 g/mol. The van der Waals surface area contributed by atoms with Crippen molar-refractivity contribution in [2.45, 2.75) is 6.04 Å². The molecular weight excluding hydrogens is 204 g/mol. The van der Waals surface area contributed by atoms with Crippen LogP contribution in [0.3, 0.4) is 0 Å². The van der Waals surface area contributed by atoms with Crippen LogP contribution >= 0.6 is 23.5 Å². The summed E-state index contributed by atoms with van der Waals surface area (Å²) in [4.78, 5) is 13.8. The highest BCUT2D eigenvalue weighted by Gasteiger charge is 2.27. The number of nitrogens with zero attached hydrogens (tertiary/aromatic N) is 1. The van der Waals surface area contributed by atoms with E-state index in [0.717, 1.165) is 36.2 Å². The summed E-state index contributed by atoms with van der Waals surface area (Å²) in [6, 6.07) is 0.0908. The molecule has 0 spiro atoms. The Morgan fingerprint density at radius 1 is 1.31 bits per heavy atom. The quantitative estimate of drug-likeness (QED) is 0.682. The van der Waals surface area contributed by atoms with Crippen LogP contribution in [-0.2, 0) is 4.79 Å². The summed E-state index contributed by atoms with van der Waals surface area (Å²) in [7, 11) is 0. The van der Waals surface area contributed by atoms with E-state index < -0.39 is 0 Å². The van der Waals surface area contributed by atoms with Gasteiger partial charge in [-0.25, -0.2) is 0 Å². The average Bonchev–Trinajstić information content (AvgIpc) is 2.71. The molecule has 13 heavy (non-hydrogen) atoms. The van der Waals surface area contributed by atoms with Crippen LogP contribution in [0.2, 0.25) is 0 Å². The van der Waals surface area contributed by atoms with Crippen LogP contribution < -0.4 is 5.32 Å². The number of thioether (sulfide) groups is 2. The molecule has 1 amide bonds. The Labute approximate surface area is 87.0 Å². The van der Waals surface area contributed by atoms with Gasteiger partial charge in [0.05, 0.1) is 6.04 Å². The first-order valence-electron chi connectivity index (χ1n) is 4.55. The summed E-state index contributed by atoms with van der Waals surface area (Å²) in [5, 5.41) is 3.22. The zero-order valence-corrected chi connectivity index (χ0v) is 9.12. The fourth-order valence-electron chi connectivity index (χ4n) is 1.56. The van der Waals surface area contributed by atoms with Gasteiger partial charge in [-0.15, -0.1) is 11.8 Å². The minimum atomic E-state index is 0.0908. The average molecular weight is 218 g/mol. The molecule has 2 aliphatic heterocycles. The van der Waals surface area contributed by atoms with E-state index >= 15 is 0 Å². The van der Waals surface area contributed by atoms with Crippen molar-refractivity contribution in [3.8, 4) is 0 Å². The lowest BCUT2D eigenvalue weighted by Crippen LogP contribution is -2.47. The number of carbonyl (C=O) groups is 1. The predicted octanol–water partition coefficient (Wildman–Crippen LogP) is 0.224. The molecular formula is C8H14N2OS2. The van der Waals surface area contributed by atoms with Gasteiger partial charge in [0, 0.05) is 36.2 Å². The van der Waals surface area contributed by atoms with Gasteiger partial charge in [-0.3, -0.25) is 10.1 Å². The van der Waals surface area contributed by atoms with Crippen molar-refractivity contribution in [2.24, 2.45) is 0 Å². The maximum absolute atomic E-state index is 11.8. The summed E-state index contributed by atoms with van der Waals surface area (Å²) in [5.74, 6) is 4.39. The molecule has 74 valence electrons. The van der Waals surface area contributed by atoms with Gasteiger partial charge in [-0.1, -0.05) is 0 Å². The smallest absolute Gasteiger partial charge is 0.240 e. The molecule has 0 aliphatic carbocycles. The highest BCUT2D eigenvalue weighted by atomic mass is 32.2. The number of rotatable bonds is 1. The molecule has 5 heteroatoms. The molecule has 2 saturated heterocycles. The topological polar surface area (TPSA) is 32.3 Å². The molecule has 0 unspecified atom stereocenters. The van der Waals surface area contributed by atoms with Crippen LogP contribution in [0, 0.1) is 0 Å². The number of hydrogen-bond acceptors (Lipinski definition) is 4. The Bertz CT molecular complexity index is 189. The number of amides is 1. The second-order valence-electron chi connectivity index (χ2n) is 3.21. The van der Waals surface area contributed by atoms with E-state index in [-0.39, 0.29) is 6.04 Å². The zero-order chi connectivity index (χ0) is 9.10. The molecule has 2 rings (SSSR count). The number of nitrogens with one attached hydrogen (secondary N) is 1. The lowest BCUT2D eigenvalue weighted by molar-refractivity contribution is -0.132. The maximum atomic E-state index is 11.8. The van der Waals surface area contributed by atoms with Crippen LogP contribution in [0.25, 0.3) is 0 Å². The molecule has 1 atom stereocenters. The second kappa shape index (κ2) is 4.57. The van der Waals surface area contributed by atoms with Crippen LogP contribution in [0.4, 0.5) is 0 Å². The number of hydrogen-bond donors (Lipinski definition) is 1. The van der Waals surface area contributed by atoms with E-state index in [4.69, 9.17) is 0 Å². The largest absolute Gasteiger partial charge is 0.340 e. The van der Waals surface area contributed by atoms with Crippen LogP contribution in [0.1, 0.15) is 0 Å². The molecule has 0 aromatic carbocycles. The molecule has 0 aromatic heterocycles. The lowest BCUT2D eigenvalue weighted by atomic mass is 10.3. The normalized spacial score (nSPS) is 29.2. The van der Waals surface area contributed by atoms with E-state index in [0.29, 0.717) is 5.91 Å². The molecule has 0 saturated carbocycles. The van der Waals surface area contributed by atoms with Gasteiger partial charge < -0.3 is 4.90 Å². The number of carbonyl (C=O) groups excluding carboxylic acids is 1. The van der Waals surface area contributed by atoms with Gasteiger partial charge in [-0.2, -0.15) is 11.8 Å². The van der Waals surface area contributed by atoms with Crippen molar-refractivity contribution in [2.75, 3.05) is 36.2 Å². The summed E-state index contributed by atoms with van der Waals surface area (Å²) >= 11 is 3.75. The van der Waals surface area contributed by atoms with Gasteiger partial charge in [-0.05, 0) is 0 Å². The van der Waals surface area contributed by atoms with Crippen molar-refractivity contribution >= 4 is 29.4 Å². The van der Waals surface area contributed by atoms with Crippen molar-refractivity contribution in [1.82, 2.24) is 10.2 Å². The Morgan fingerprint density at radius 3 is 2.69 bits per heavy atom. The minimum Gasteiger partial charge on any atom is -0.340 e. The third-order valence-corrected chi connectivity index (χ3v) is 4.22. The predicted molar refractivity (Wildman–Crippen MR) is 58.2 cm³/mol. The maximum Gasteiger partial charge on any atom is 0.240 e. The Kier molecular flexibility index (Phi) is 3.40. The van der Waals surface area contributed by atoms with E-state index in [9.17, 15) is 4.79 Å². The van der Waals surface area contributed by atoms with E-state index in [1.165, 1.54) is 0 Å². The molecule has 2 aliphatic rings. The van der Waals surface area contributed by atoms with Crippen molar-refractivity contribution in [3.63, 3.8) is 0 Å². The standard InChI is InChI=1S/C8H14N2OS2/c11-8(7-5-13-6-9-7)10-1-3-12-4-2-10/h7,9H,1-6H2/t7-/m1/s1. The molecule has 1 N–H and O–H groups in total. The van der Waals surface area contributed by atoms with Crippen LogP contribution in [0.15, 0.2) is 0 Å². The molecule has 0 aromatic rings. The first-order chi connectivity index (χ1) is 6.38. The lowest BCUT2D eigenvalue weighted by Gasteiger charge is -2.28. The summed E-state index contributed by atoms with van der Waals surface area (Å²) in [6.07, 6.45) is 0. The van der Waals surface area contributed by atoms with Gasteiger partial charge in [0.2, 0.25) is 5.91 Å². The fraction of sp³-hybridized carbons (Fsp3) is 0.875. The van der Waals surface area contributed by atoms with E-state index in [1.54, 1.807) is 0 Å². The minimum absolute atomic E-state index is 0.0908. The SMILES string of the molecule is O=C([C@H]1CSCN1)N1CCSCC1. The van der Waals surface area contributed by atoms with Crippen molar-refractivity contribution < 1.29 is 4.79 Å². The first kappa shape index (κ1) is 9.68. The van der Waals surface area contributed by atoms with Crippen molar-refractivity contribution in [3.05, 3.63) is 0 Å². The van der Waals surface area contributed by atoms with E-state index in [2.05, 4.69) is 5.32 Å². The fourth-order valence-corrected chi connectivity index (χ4v) is 3.39. The molecule has 2 fully saturated rings. The molecule has 2 heterocycles. The van der Waals surface area contributed by atoms with Crippen molar-refractivity contribution in [1.29, 1.82) is 0 Å². The van der Waals surface area contributed by atoms with Gasteiger partial charge in [0.15, 0.2) is 0 Å². The molecule has 0 radical (unpaired) electrons. The van der Waals surface area contributed by atoms with Gasteiger partial charge >= 0.3 is 0 Å². The highest BCUT2D eigenvalue weighted by molar-refractivity contribution is 7.99. The zero-order valence-electron chi connectivity index (χ0n) is 7.49. The van der Waals surface area contributed by atoms with Crippen LogP contribution in [0.5, 0.6) is 0 Å². The third kappa shape index (κ3) is 2.33. The van der Waals surface area contributed by atoms with Crippen LogP contribution in [-0.4, -0.2) is 53.1 Å². The molecule has 3 nitrogen and oxygen atoms in total. The second-order valence-corrected chi connectivity index (χ2v) is 5.46. The first-order valence-corrected chi connectivity index (χ1v) is 6.86. The van der Waals surface area contributed by atoms with Gasteiger partial charge in [0.1, 0.15) is 0 Å². The Balaban J connectivity index is 1.87. The molecule has 0 bridgehead atoms.